The third-order valence-electron chi connectivity index (χ3n) is 3.49. The second kappa shape index (κ2) is 7.48. The smallest absolute Gasteiger partial charge is 0.246 e. The van der Waals surface area contributed by atoms with E-state index in [1.54, 1.807) is 0 Å². The highest BCUT2D eigenvalue weighted by Crippen LogP contribution is 2.18. The van der Waals surface area contributed by atoms with Crippen LogP contribution in [0.25, 0.3) is 0 Å². The monoisotopic (exact) mass is 282 g/mol. The van der Waals surface area contributed by atoms with Gasteiger partial charge in [-0.15, -0.1) is 0 Å². The molecule has 0 bridgehead atoms. The summed E-state index contributed by atoms with van der Waals surface area (Å²) in [7, 11) is 0. The fourth-order valence-electron chi connectivity index (χ4n) is 2.26. The number of carbonyl (C=O) groups is 1. The Kier molecular flexibility index (Phi) is 5.38. The van der Waals surface area contributed by atoms with E-state index in [1.165, 1.54) is 5.56 Å². The molecule has 2 aromatic carbocycles. The van der Waals surface area contributed by atoms with Crippen molar-refractivity contribution in [1.29, 1.82) is 0 Å². The molecule has 0 saturated carbocycles. The lowest BCUT2D eigenvalue weighted by molar-refractivity contribution is -0.116. The third-order valence-corrected chi connectivity index (χ3v) is 3.49. The van der Waals surface area contributed by atoms with Crippen molar-refractivity contribution in [3.8, 4) is 0 Å². The lowest BCUT2D eigenvalue weighted by atomic mass is 10.1. The minimum absolute atomic E-state index is 0.00499. The van der Waals surface area contributed by atoms with Crippen LogP contribution in [-0.2, 0) is 11.2 Å². The number of para-hydroxylation sites is 2. The van der Waals surface area contributed by atoms with Crippen molar-refractivity contribution in [3.63, 3.8) is 0 Å². The van der Waals surface area contributed by atoms with Gasteiger partial charge in [0.25, 0.3) is 0 Å². The van der Waals surface area contributed by atoms with Crippen LogP contribution < -0.4 is 10.6 Å². The Balaban J connectivity index is 2.07. The van der Waals surface area contributed by atoms with Gasteiger partial charge in [-0.05, 0) is 36.6 Å². The number of nitrogens with one attached hydrogen (secondary N) is 2. The minimum atomic E-state index is -0.238. The molecule has 2 aromatic rings. The van der Waals surface area contributed by atoms with Crippen molar-refractivity contribution in [2.75, 3.05) is 10.6 Å². The lowest BCUT2D eigenvalue weighted by Crippen LogP contribution is -2.34. The maximum atomic E-state index is 12.4. The first kappa shape index (κ1) is 15.1. The zero-order chi connectivity index (χ0) is 15.1. The summed E-state index contributed by atoms with van der Waals surface area (Å²) in [5.41, 5.74) is 3.09. The number of amides is 1. The highest BCUT2D eigenvalue weighted by molar-refractivity contribution is 5.96. The van der Waals surface area contributed by atoms with Gasteiger partial charge < -0.3 is 10.6 Å². The summed E-state index contributed by atoms with van der Waals surface area (Å²) in [6.07, 6.45) is 1.68. The van der Waals surface area contributed by atoms with Crippen molar-refractivity contribution < 1.29 is 4.79 Å². The van der Waals surface area contributed by atoms with Crippen LogP contribution >= 0.6 is 0 Å². The van der Waals surface area contributed by atoms with Crippen molar-refractivity contribution in [2.45, 2.75) is 32.7 Å². The van der Waals surface area contributed by atoms with E-state index in [9.17, 15) is 4.79 Å². The molecule has 0 aliphatic heterocycles. The number of aryl methyl sites for hydroxylation is 1. The molecule has 0 heterocycles. The van der Waals surface area contributed by atoms with Gasteiger partial charge in [0.15, 0.2) is 0 Å². The Morgan fingerprint density at radius 1 is 1.00 bits per heavy atom. The Labute approximate surface area is 126 Å². The molecule has 0 aliphatic carbocycles. The molecule has 0 radical (unpaired) electrons. The first-order valence-electron chi connectivity index (χ1n) is 7.45. The number of benzene rings is 2. The van der Waals surface area contributed by atoms with E-state index in [1.807, 2.05) is 55.5 Å². The minimum Gasteiger partial charge on any atom is -0.373 e. The van der Waals surface area contributed by atoms with E-state index in [4.69, 9.17) is 0 Å². The maximum absolute atomic E-state index is 12.4. The molecule has 3 heteroatoms. The fourth-order valence-corrected chi connectivity index (χ4v) is 2.26. The van der Waals surface area contributed by atoms with Crippen LogP contribution in [0.4, 0.5) is 11.4 Å². The average molecular weight is 282 g/mol. The second-order valence-electron chi connectivity index (χ2n) is 4.97. The summed E-state index contributed by atoms with van der Waals surface area (Å²) < 4.78 is 0. The number of rotatable bonds is 6. The van der Waals surface area contributed by atoms with Crippen molar-refractivity contribution >= 4 is 17.3 Å². The number of anilines is 2. The summed E-state index contributed by atoms with van der Waals surface area (Å²) in [6, 6.07) is 17.4. The Morgan fingerprint density at radius 3 is 2.33 bits per heavy atom. The van der Waals surface area contributed by atoms with Crippen LogP contribution in [0, 0.1) is 0 Å². The standard InChI is InChI=1S/C18H22N2O/c1-3-14-10-8-9-13-17(14)20-16(4-2)18(21)19-15-11-6-5-7-12-15/h5-13,16,20H,3-4H2,1-2H3,(H,19,21). The molecule has 1 atom stereocenters. The Morgan fingerprint density at radius 2 is 1.67 bits per heavy atom. The molecular formula is C18H22N2O. The van der Waals surface area contributed by atoms with Crippen LogP contribution in [0.1, 0.15) is 25.8 Å². The molecule has 2 rings (SSSR count). The van der Waals surface area contributed by atoms with E-state index >= 15 is 0 Å². The quantitative estimate of drug-likeness (QED) is 0.838. The average Bonchev–Trinajstić information content (AvgIpc) is 2.53. The fraction of sp³-hybridized carbons (Fsp3) is 0.278. The van der Waals surface area contributed by atoms with Crippen LogP contribution in [0.15, 0.2) is 54.6 Å². The van der Waals surface area contributed by atoms with Crippen molar-refractivity contribution in [2.24, 2.45) is 0 Å². The van der Waals surface area contributed by atoms with Gasteiger partial charge in [-0.2, -0.15) is 0 Å². The summed E-state index contributed by atoms with van der Waals surface area (Å²) in [4.78, 5) is 12.4. The van der Waals surface area contributed by atoms with Crippen LogP contribution in [-0.4, -0.2) is 11.9 Å². The predicted octanol–water partition coefficient (Wildman–Crippen LogP) is 4.08. The first-order chi connectivity index (χ1) is 10.2. The predicted molar refractivity (Wildman–Crippen MR) is 88.6 cm³/mol. The second-order valence-corrected chi connectivity index (χ2v) is 4.97. The van der Waals surface area contributed by atoms with Crippen molar-refractivity contribution in [3.05, 3.63) is 60.2 Å². The van der Waals surface area contributed by atoms with E-state index in [-0.39, 0.29) is 11.9 Å². The molecule has 0 saturated heterocycles. The highest BCUT2D eigenvalue weighted by Gasteiger charge is 2.17. The van der Waals surface area contributed by atoms with Gasteiger partial charge in [0.2, 0.25) is 5.91 Å². The molecule has 0 aromatic heterocycles. The van der Waals surface area contributed by atoms with E-state index < -0.39 is 0 Å². The molecule has 0 fully saturated rings. The number of carbonyl (C=O) groups excluding carboxylic acids is 1. The molecule has 2 N–H and O–H groups in total. The molecule has 21 heavy (non-hydrogen) atoms. The summed E-state index contributed by atoms with van der Waals surface area (Å²) in [5.74, 6) is -0.00499. The maximum Gasteiger partial charge on any atom is 0.246 e. The van der Waals surface area contributed by atoms with Gasteiger partial charge in [-0.3, -0.25) is 4.79 Å². The first-order valence-corrected chi connectivity index (χ1v) is 7.45. The molecule has 0 spiro atoms. The van der Waals surface area contributed by atoms with Crippen molar-refractivity contribution in [1.82, 2.24) is 0 Å². The summed E-state index contributed by atoms with van der Waals surface area (Å²) >= 11 is 0. The highest BCUT2D eigenvalue weighted by atomic mass is 16.2. The van der Waals surface area contributed by atoms with Gasteiger partial charge in [0.1, 0.15) is 6.04 Å². The molecule has 110 valence electrons. The number of hydrogen-bond acceptors (Lipinski definition) is 2. The van der Waals surface area contributed by atoms with Crippen LogP contribution in [0.5, 0.6) is 0 Å². The van der Waals surface area contributed by atoms with Gasteiger partial charge in [-0.1, -0.05) is 50.2 Å². The van der Waals surface area contributed by atoms with Gasteiger partial charge in [0.05, 0.1) is 0 Å². The van der Waals surface area contributed by atoms with E-state index in [2.05, 4.69) is 23.6 Å². The van der Waals surface area contributed by atoms with Crippen LogP contribution in [0.2, 0.25) is 0 Å². The van der Waals surface area contributed by atoms with E-state index in [0.717, 1.165) is 24.2 Å². The number of hydrogen-bond donors (Lipinski definition) is 2. The SMILES string of the molecule is CCc1ccccc1NC(CC)C(=O)Nc1ccccc1. The van der Waals surface area contributed by atoms with Gasteiger partial charge in [-0.25, -0.2) is 0 Å². The normalized spacial score (nSPS) is 11.7. The molecule has 0 aliphatic rings. The van der Waals surface area contributed by atoms with Crippen LogP contribution in [0.3, 0.4) is 0 Å². The summed E-state index contributed by atoms with van der Waals surface area (Å²) in [5, 5.41) is 6.31. The topological polar surface area (TPSA) is 41.1 Å². The zero-order valence-corrected chi connectivity index (χ0v) is 12.6. The molecular weight excluding hydrogens is 260 g/mol. The molecule has 3 nitrogen and oxygen atoms in total. The Hall–Kier alpha value is -2.29. The largest absolute Gasteiger partial charge is 0.373 e. The Bertz CT molecular complexity index is 581. The van der Waals surface area contributed by atoms with Gasteiger partial charge in [0, 0.05) is 11.4 Å². The molecule has 1 amide bonds. The third kappa shape index (κ3) is 4.09. The van der Waals surface area contributed by atoms with Gasteiger partial charge >= 0.3 is 0 Å². The summed E-state index contributed by atoms with van der Waals surface area (Å²) in [6.45, 7) is 4.13. The zero-order valence-electron chi connectivity index (χ0n) is 12.6. The van der Waals surface area contributed by atoms with E-state index in [0.29, 0.717) is 0 Å². The molecule has 1 unspecified atom stereocenters. The lowest BCUT2D eigenvalue weighted by Gasteiger charge is -2.20.